The number of unbranched alkanes of at least 4 members (excludes halogenated alkanes) is 3. The SMILES string of the molecule is CCCCCCC1CC23CCCCC12C(=O)OC3=O. The van der Waals surface area contributed by atoms with Gasteiger partial charge in [-0.15, -0.1) is 0 Å². The van der Waals surface area contributed by atoms with Gasteiger partial charge in [0.15, 0.2) is 0 Å². The molecule has 3 fully saturated rings. The van der Waals surface area contributed by atoms with Crippen molar-refractivity contribution in [2.45, 2.75) is 71.1 Å². The maximum Gasteiger partial charge on any atom is 0.321 e. The highest BCUT2D eigenvalue weighted by molar-refractivity contribution is 6.04. The molecule has 3 rings (SSSR count). The van der Waals surface area contributed by atoms with E-state index in [4.69, 9.17) is 4.74 Å². The van der Waals surface area contributed by atoms with Crippen molar-refractivity contribution in [2.75, 3.05) is 0 Å². The van der Waals surface area contributed by atoms with Crippen LogP contribution in [0.5, 0.6) is 0 Å². The summed E-state index contributed by atoms with van der Waals surface area (Å²) in [5, 5.41) is 0. The Morgan fingerprint density at radius 1 is 1.11 bits per heavy atom. The van der Waals surface area contributed by atoms with E-state index >= 15 is 0 Å². The summed E-state index contributed by atoms with van der Waals surface area (Å²) >= 11 is 0. The molecule has 0 aromatic rings. The smallest absolute Gasteiger partial charge is 0.321 e. The van der Waals surface area contributed by atoms with Crippen molar-refractivity contribution >= 4 is 11.9 Å². The van der Waals surface area contributed by atoms with Crippen molar-refractivity contribution in [1.29, 1.82) is 0 Å². The lowest BCUT2D eigenvalue weighted by atomic mass is 9.39. The van der Waals surface area contributed by atoms with Crippen LogP contribution in [0.4, 0.5) is 0 Å². The molecule has 106 valence electrons. The second-order valence-electron chi connectivity index (χ2n) is 6.69. The van der Waals surface area contributed by atoms with Crippen LogP contribution in [0.2, 0.25) is 0 Å². The number of carbonyl (C=O) groups is 2. The molecule has 2 aliphatic carbocycles. The molecule has 3 aliphatic rings. The highest BCUT2D eigenvalue weighted by Gasteiger charge is 2.78. The van der Waals surface area contributed by atoms with E-state index in [2.05, 4.69) is 6.92 Å². The fourth-order valence-corrected chi connectivity index (χ4v) is 4.91. The largest absolute Gasteiger partial charge is 0.392 e. The molecule has 0 aromatic heterocycles. The second-order valence-corrected chi connectivity index (χ2v) is 6.69. The molecule has 1 saturated heterocycles. The number of hydrogen-bond acceptors (Lipinski definition) is 3. The second kappa shape index (κ2) is 4.60. The van der Waals surface area contributed by atoms with Crippen molar-refractivity contribution in [2.24, 2.45) is 16.7 Å². The van der Waals surface area contributed by atoms with Crippen LogP contribution in [0.15, 0.2) is 0 Å². The summed E-state index contributed by atoms with van der Waals surface area (Å²) in [6, 6.07) is 0. The molecule has 3 unspecified atom stereocenters. The van der Waals surface area contributed by atoms with E-state index in [0.717, 1.165) is 38.5 Å². The molecule has 3 heteroatoms. The molecule has 0 bridgehead atoms. The zero-order valence-electron chi connectivity index (χ0n) is 11.9. The summed E-state index contributed by atoms with van der Waals surface area (Å²) < 4.78 is 5.06. The first-order chi connectivity index (χ1) is 9.17. The fourth-order valence-electron chi connectivity index (χ4n) is 4.91. The van der Waals surface area contributed by atoms with Crippen LogP contribution in [-0.2, 0) is 14.3 Å². The van der Waals surface area contributed by atoms with Gasteiger partial charge in [0.25, 0.3) is 0 Å². The molecule has 0 radical (unpaired) electrons. The van der Waals surface area contributed by atoms with Crippen LogP contribution < -0.4 is 0 Å². The van der Waals surface area contributed by atoms with E-state index in [1.54, 1.807) is 0 Å². The third-order valence-electron chi connectivity index (χ3n) is 5.92. The molecule has 0 aromatic carbocycles. The van der Waals surface area contributed by atoms with Gasteiger partial charge in [0.2, 0.25) is 0 Å². The van der Waals surface area contributed by atoms with Gasteiger partial charge in [-0.05, 0) is 31.6 Å². The van der Waals surface area contributed by atoms with E-state index in [0.29, 0.717) is 5.92 Å². The Labute approximate surface area is 115 Å². The van der Waals surface area contributed by atoms with Gasteiger partial charge in [0.1, 0.15) is 0 Å². The summed E-state index contributed by atoms with van der Waals surface area (Å²) in [5.74, 6) is 0.00885. The molecule has 19 heavy (non-hydrogen) atoms. The highest BCUT2D eigenvalue weighted by Crippen LogP contribution is 2.72. The highest BCUT2D eigenvalue weighted by atomic mass is 16.6. The predicted octanol–water partition coefficient (Wildman–Crippen LogP) is 3.61. The third kappa shape index (κ3) is 1.56. The first-order valence-electron chi connectivity index (χ1n) is 7.94. The normalized spacial score (nSPS) is 40.4. The van der Waals surface area contributed by atoms with Crippen LogP contribution in [0.3, 0.4) is 0 Å². The molecular weight excluding hydrogens is 240 g/mol. The molecule has 0 N–H and O–H groups in total. The van der Waals surface area contributed by atoms with Crippen molar-refractivity contribution in [3.63, 3.8) is 0 Å². The lowest BCUT2D eigenvalue weighted by molar-refractivity contribution is -0.178. The van der Waals surface area contributed by atoms with E-state index in [1.807, 2.05) is 0 Å². The molecule has 3 atom stereocenters. The Hall–Kier alpha value is -0.860. The minimum absolute atomic E-state index is 0.191. The zero-order valence-corrected chi connectivity index (χ0v) is 11.9. The Morgan fingerprint density at radius 3 is 2.68 bits per heavy atom. The number of hydrogen-bond donors (Lipinski definition) is 0. The predicted molar refractivity (Wildman–Crippen MR) is 71.3 cm³/mol. The maximum atomic E-state index is 12.3. The van der Waals surface area contributed by atoms with Gasteiger partial charge in [-0.25, -0.2) is 0 Å². The molecule has 1 aliphatic heterocycles. The van der Waals surface area contributed by atoms with E-state index in [-0.39, 0.29) is 11.9 Å². The van der Waals surface area contributed by atoms with E-state index in [9.17, 15) is 9.59 Å². The van der Waals surface area contributed by atoms with Crippen molar-refractivity contribution < 1.29 is 14.3 Å². The number of rotatable bonds is 5. The van der Waals surface area contributed by atoms with Crippen molar-refractivity contribution in [1.82, 2.24) is 0 Å². The monoisotopic (exact) mass is 264 g/mol. The quantitative estimate of drug-likeness (QED) is 0.433. The van der Waals surface area contributed by atoms with Crippen molar-refractivity contribution in [3.8, 4) is 0 Å². The van der Waals surface area contributed by atoms with Gasteiger partial charge in [0, 0.05) is 0 Å². The number of carbonyl (C=O) groups excluding carboxylic acids is 2. The van der Waals surface area contributed by atoms with Gasteiger partial charge >= 0.3 is 11.9 Å². The molecule has 1 heterocycles. The number of cyclic esters (lactones) is 2. The lowest BCUT2D eigenvalue weighted by Crippen LogP contribution is -2.61. The number of esters is 2. The molecule has 2 saturated carbocycles. The summed E-state index contributed by atoms with van der Waals surface area (Å²) in [6.07, 6.45) is 10.9. The molecule has 3 nitrogen and oxygen atoms in total. The first kappa shape index (κ1) is 13.1. The zero-order chi connectivity index (χ0) is 13.5. The van der Waals surface area contributed by atoms with Gasteiger partial charge in [-0.2, -0.15) is 0 Å². The average molecular weight is 264 g/mol. The first-order valence-corrected chi connectivity index (χ1v) is 7.94. The fraction of sp³-hybridized carbons (Fsp3) is 0.875. The molecule has 0 spiro atoms. The van der Waals surface area contributed by atoms with Crippen LogP contribution in [0.25, 0.3) is 0 Å². The van der Waals surface area contributed by atoms with E-state index < -0.39 is 10.8 Å². The minimum atomic E-state index is -0.408. The Morgan fingerprint density at radius 2 is 1.89 bits per heavy atom. The molecule has 0 amide bonds. The Bertz CT molecular complexity index is 403. The van der Waals surface area contributed by atoms with Crippen molar-refractivity contribution in [3.05, 3.63) is 0 Å². The Balaban J connectivity index is 1.73. The number of ether oxygens (including phenoxy) is 1. The third-order valence-corrected chi connectivity index (χ3v) is 5.92. The minimum Gasteiger partial charge on any atom is -0.392 e. The molecular formula is C16H24O3. The lowest BCUT2D eigenvalue weighted by Gasteiger charge is -2.58. The van der Waals surface area contributed by atoms with Gasteiger partial charge in [0.05, 0.1) is 10.8 Å². The van der Waals surface area contributed by atoms with Gasteiger partial charge < -0.3 is 4.74 Å². The standard InChI is InChI=1S/C16H24O3/c1-2-3-4-5-8-12-11-15-9-6-7-10-16(12,15)14(18)19-13(15)17/h12H,2-11H2,1H3. The van der Waals surface area contributed by atoms with Gasteiger partial charge in [-0.1, -0.05) is 45.4 Å². The summed E-state index contributed by atoms with van der Waals surface area (Å²) in [5.41, 5.74) is -0.813. The van der Waals surface area contributed by atoms with Crippen LogP contribution in [-0.4, -0.2) is 11.9 Å². The summed E-state index contributed by atoms with van der Waals surface area (Å²) in [6.45, 7) is 2.21. The van der Waals surface area contributed by atoms with Crippen LogP contribution in [0.1, 0.15) is 71.1 Å². The van der Waals surface area contributed by atoms with Crippen LogP contribution >= 0.6 is 0 Å². The summed E-state index contributed by atoms with van der Waals surface area (Å²) in [4.78, 5) is 24.3. The maximum absolute atomic E-state index is 12.3. The average Bonchev–Trinajstić information content (AvgIpc) is 2.56. The topological polar surface area (TPSA) is 43.4 Å². The van der Waals surface area contributed by atoms with Gasteiger partial charge in [-0.3, -0.25) is 9.59 Å². The van der Waals surface area contributed by atoms with E-state index in [1.165, 1.54) is 25.7 Å². The van der Waals surface area contributed by atoms with Crippen LogP contribution in [0, 0.1) is 16.7 Å². The summed E-state index contributed by atoms with van der Waals surface area (Å²) in [7, 11) is 0. The Kier molecular flexibility index (Phi) is 3.18.